The fourth-order valence-corrected chi connectivity index (χ4v) is 2.10. The minimum atomic E-state index is -1.41. The molecule has 0 aliphatic rings. The summed E-state index contributed by atoms with van der Waals surface area (Å²) in [6.07, 6.45) is -1.24. The van der Waals surface area contributed by atoms with E-state index in [1.165, 1.54) is 6.92 Å². The Morgan fingerprint density at radius 3 is 2.04 bits per heavy atom. The average Bonchev–Trinajstić information content (AvgIpc) is 2.61. The molecule has 5 unspecified atom stereocenters. The van der Waals surface area contributed by atoms with Crippen LogP contribution < -0.4 is 27.4 Å². The number of amides is 4. The lowest BCUT2D eigenvalue weighted by Gasteiger charge is -2.22. The number of aliphatic carboxylic acids is 1. The molecule has 0 aromatic heterocycles. The van der Waals surface area contributed by atoms with Gasteiger partial charge in [-0.2, -0.15) is 0 Å². The van der Waals surface area contributed by atoms with E-state index in [4.69, 9.17) is 16.6 Å². The van der Waals surface area contributed by atoms with E-state index < -0.39 is 66.8 Å². The van der Waals surface area contributed by atoms with Gasteiger partial charge >= 0.3 is 5.97 Å². The van der Waals surface area contributed by atoms with Crippen LogP contribution in [0.5, 0.6) is 0 Å². The highest BCUT2D eigenvalue weighted by molar-refractivity contribution is 5.95. The molecular formula is C16H29N5O7. The van der Waals surface area contributed by atoms with Crippen molar-refractivity contribution in [1.29, 1.82) is 0 Å². The van der Waals surface area contributed by atoms with Crippen LogP contribution in [0, 0.1) is 5.92 Å². The van der Waals surface area contributed by atoms with Gasteiger partial charge in [0.15, 0.2) is 0 Å². The number of carbonyl (C=O) groups is 5. The van der Waals surface area contributed by atoms with Crippen molar-refractivity contribution in [3.05, 3.63) is 0 Å². The number of primary amides is 1. The number of carboxylic acid groups (broad SMARTS) is 1. The van der Waals surface area contributed by atoms with E-state index in [0.717, 1.165) is 0 Å². The molecule has 0 bridgehead atoms. The molecule has 0 saturated heterocycles. The zero-order chi connectivity index (χ0) is 22.0. The Labute approximate surface area is 162 Å². The lowest BCUT2D eigenvalue weighted by Crippen LogP contribution is -2.56. The van der Waals surface area contributed by atoms with Crippen LogP contribution in [-0.2, 0) is 24.0 Å². The maximum absolute atomic E-state index is 12.2. The minimum absolute atomic E-state index is 0.332. The van der Waals surface area contributed by atoms with E-state index in [0.29, 0.717) is 6.42 Å². The molecule has 0 saturated carbocycles. The van der Waals surface area contributed by atoms with Crippen LogP contribution in [0.1, 0.15) is 33.6 Å². The van der Waals surface area contributed by atoms with Crippen LogP contribution in [0.4, 0.5) is 0 Å². The molecule has 0 aromatic carbocycles. The van der Waals surface area contributed by atoms with Crippen molar-refractivity contribution in [3.63, 3.8) is 0 Å². The van der Waals surface area contributed by atoms with E-state index in [2.05, 4.69) is 16.0 Å². The molecule has 0 heterocycles. The Morgan fingerprint density at radius 2 is 1.61 bits per heavy atom. The lowest BCUT2D eigenvalue weighted by atomic mass is 9.99. The number of nitrogens with two attached hydrogens (primary N) is 2. The highest BCUT2D eigenvalue weighted by Gasteiger charge is 2.28. The Balaban J connectivity index is 4.90. The lowest BCUT2D eigenvalue weighted by molar-refractivity contribution is -0.143. The van der Waals surface area contributed by atoms with Gasteiger partial charge in [-0.25, -0.2) is 4.79 Å². The average molecular weight is 403 g/mol. The number of hydrogen-bond donors (Lipinski definition) is 7. The summed E-state index contributed by atoms with van der Waals surface area (Å²) in [6.45, 7) is 4.12. The number of hydrogen-bond acceptors (Lipinski definition) is 7. The van der Waals surface area contributed by atoms with Crippen molar-refractivity contribution in [2.24, 2.45) is 17.4 Å². The zero-order valence-electron chi connectivity index (χ0n) is 16.1. The number of carboxylic acids is 1. The number of aliphatic hydroxyl groups is 1. The summed E-state index contributed by atoms with van der Waals surface area (Å²) < 4.78 is 0. The molecule has 160 valence electrons. The molecule has 0 aliphatic carbocycles. The first-order chi connectivity index (χ1) is 12.9. The third-order valence-electron chi connectivity index (χ3n) is 4.08. The first kappa shape index (κ1) is 25.3. The molecule has 0 fully saturated rings. The molecule has 12 heteroatoms. The monoisotopic (exact) mass is 403 g/mol. The SMILES string of the molecule is CCC(C)C(NC(=O)CNC(=O)C(CC(N)=O)NC(=O)C(N)C(C)O)C(=O)O. The Kier molecular flexibility index (Phi) is 10.7. The summed E-state index contributed by atoms with van der Waals surface area (Å²) in [5.74, 6) is -4.97. The molecule has 12 nitrogen and oxygen atoms in total. The molecular weight excluding hydrogens is 374 g/mol. The largest absolute Gasteiger partial charge is 0.480 e. The topological polar surface area (TPSA) is 214 Å². The first-order valence-electron chi connectivity index (χ1n) is 8.72. The normalized spacial score (nSPS) is 16.0. The van der Waals surface area contributed by atoms with Gasteiger partial charge in [-0.3, -0.25) is 19.2 Å². The second-order valence-corrected chi connectivity index (χ2v) is 6.48. The predicted octanol–water partition coefficient (Wildman–Crippen LogP) is -3.21. The molecule has 0 spiro atoms. The van der Waals surface area contributed by atoms with Gasteiger partial charge in [0.1, 0.15) is 18.1 Å². The number of rotatable bonds is 12. The molecule has 9 N–H and O–H groups in total. The number of nitrogens with one attached hydrogen (secondary N) is 3. The van der Waals surface area contributed by atoms with Gasteiger partial charge in [-0.15, -0.1) is 0 Å². The van der Waals surface area contributed by atoms with Crippen LogP contribution in [0.3, 0.4) is 0 Å². The standard InChI is InChI=1S/C16H29N5O7/c1-4-7(2)13(16(27)28)21-11(24)6-19-14(25)9(5-10(17)23)20-15(26)12(18)8(3)22/h7-9,12-13,22H,4-6,18H2,1-3H3,(H2,17,23)(H,19,25)(H,20,26)(H,21,24)(H,27,28). The minimum Gasteiger partial charge on any atom is -0.480 e. The molecule has 5 atom stereocenters. The Morgan fingerprint density at radius 1 is 1.04 bits per heavy atom. The van der Waals surface area contributed by atoms with Crippen molar-refractivity contribution in [2.45, 2.75) is 57.8 Å². The summed E-state index contributed by atoms with van der Waals surface area (Å²) in [4.78, 5) is 58.3. The quantitative estimate of drug-likeness (QED) is 0.175. The molecule has 0 radical (unpaired) electrons. The second-order valence-electron chi connectivity index (χ2n) is 6.48. The van der Waals surface area contributed by atoms with Crippen molar-refractivity contribution in [1.82, 2.24) is 16.0 Å². The summed E-state index contributed by atoms with van der Waals surface area (Å²) in [5.41, 5.74) is 10.5. The first-order valence-corrected chi connectivity index (χ1v) is 8.72. The van der Waals surface area contributed by atoms with Gasteiger partial charge in [0, 0.05) is 0 Å². The van der Waals surface area contributed by atoms with E-state index in [1.54, 1.807) is 13.8 Å². The van der Waals surface area contributed by atoms with Gasteiger partial charge in [-0.1, -0.05) is 20.3 Å². The summed E-state index contributed by atoms with van der Waals surface area (Å²) in [5, 5.41) is 25.1. The molecule has 0 aliphatic heterocycles. The van der Waals surface area contributed by atoms with Crippen molar-refractivity contribution < 1.29 is 34.2 Å². The van der Waals surface area contributed by atoms with Crippen LogP contribution in [0.2, 0.25) is 0 Å². The van der Waals surface area contributed by atoms with Crippen molar-refractivity contribution in [3.8, 4) is 0 Å². The molecule has 0 aromatic rings. The fourth-order valence-electron chi connectivity index (χ4n) is 2.10. The Hall–Kier alpha value is -2.73. The molecule has 28 heavy (non-hydrogen) atoms. The van der Waals surface area contributed by atoms with Crippen molar-refractivity contribution >= 4 is 29.6 Å². The van der Waals surface area contributed by atoms with Crippen LogP contribution in [-0.4, -0.2) is 70.6 Å². The van der Waals surface area contributed by atoms with Gasteiger partial charge in [-0.05, 0) is 12.8 Å². The van der Waals surface area contributed by atoms with Gasteiger partial charge in [0.05, 0.1) is 19.1 Å². The van der Waals surface area contributed by atoms with E-state index in [-0.39, 0.29) is 5.92 Å². The molecule has 0 rings (SSSR count). The Bertz CT molecular complexity index is 596. The molecule has 4 amide bonds. The third kappa shape index (κ3) is 8.77. The summed E-state index contributed by atoms with van der Waals surface area (Å²) >= 11 is 0. The van der Waals surface area contributed by atoms with Crippen LogP contribution >= 0.6 is 0 Å². The third-order valence-corrected chi connectivity index (χ3v) is 4.08. The maximum atomic E-state index is 12.2. The summed E-state index contributed by atoms with van der Waals surface area (Å²) in [6, 6.07) is -3.87. The van der Waals surface area contributed by atoms with Crippen molar-refractivity contribution in [2.75, 3.05) is 6.54 Å². The zero-order valence-corrected chi connectivity index (χ0v) is 16.1. The number of carbonyl (C=O) groups excluding carboxylic acids is 4. The predicted molar refractivity (Wildman–Crippen MR) is 97.4 cm³/mol. The maximum Gasteiger partial charge on any atom is 0.326 e. The van der Waals surface area contributed by atoms with Gasteiger partial charge in [0.2, 0.25) is 23.6 Å². The van der Waals surface area contributed by atoms with Gasteiger partial charge in [0.25, 0.3) is 0 Å². The van der Waals surface area contributed by atoms with E-state index >= 15 is 0 Å². The number of aliphatic hydroxyl groups excluding tert-OH is 1. The summed E-state index contributed by atoms with van der Waals surface area (Å²) in [7, 11) is 0. The van der Waals surface area contributed by atoms with Gasteiger partial charge < -0.3 is 37.6 Å². The smallest absolute Gasteiger partial charge is 0.326 e. The van der Waals surface area contributed by atoms with E-state index in [1.807, 2.05) is 0 Å². The fraction of sp³-hybridized carbons (Fsp3) is 0.688. The van der Waals surface area contributed by atoms with Crippen LogP contribution in [0.15, 0.2) is 0 Å². The van der Waals surface area contributed by atoms with E-state index in [9.17, 15) is 29.1 Å². The highest BCUT2D eigenvalue weighted by atomic mass is 16.4. The second kappa shape index (κ2) is 11.9. The highest BCUT2D eigenvalue weighted by Crippen LogP contribution is 2.07. The van der Waals surface area contributed by atoms with Crippen LogP contribution in [0.25, 0.3) is 0 Å².